The first-order chi connectivity index (χ1) is 9.54. The van der Waals surface area contributed by atoms with Gasteiger partial charge in [-0.3, -0.25) is 0 Å². The molecule has 1 aromatic carbocycles. The number of aliphatic hydroxyl groups is 1. The zero-order valence-corrected chi connectivity index (χ0v) is 11.4. The summed E-state index contributed by atoms with van der Waals surface area (Å²) in [7, 11) is 0. The highest BCUT2D eigenvalue weighted by Crippen LogP contribution is 2.36. The molecular weight excluding hydrogens is 288 g/mol. The molecule has 2 aliphatic rings. The largest absolute Gasteiger partial charge is 0.403 e. The number of aliphatic hydroxyl groups excluding tert-OH is 1. The van der Waals surface area contributed by atoms with Crippen molar-refractivity contribution in [2.75, 3.05) is 6.54 Å². The van der Waals surface area contributed by atoms with Crippen LogP contribution in [0.5, 0.6) is 0 Å². The van der Waals surface area contributed by atoms with Gasteiger partial charge in [0.05, 0.1) is 17.7 Å². The quantitative estimate of drug-likeness (QED) is 0.911. The van der Waals surface area contributed by atoms with Gasteiger partial charge in [-0.05, 0) is 37.5 Å². The average Bonchev–Trinajstić information content (AvgIpc) is 2.99. The number of hydrogen-bond acceptors (Lipinski definition) is 3. The van der Waals surface area contributed by atoms with Crippen molar-refractivity contribution in [2.24, 2.45) is 0 Å². The number of rotatable bonds is 2. The van der Waals surface area contributed by atoms with Gasteiger partial charge in [0.1, 0.15) is 0 Å². The third-order valence-corrected chi connectivity index (χ3v) is 4.01. The Morgan fingerprint density at radius 2 is 2.05 bits per heavy atom. The van der Waals surface area contributed by atoms with Crippen LogP contribution in [0, 0.1) is 11.6 Å². The van der Waals surface area contributed by atoms with E-state index in [2.05, 4.69) is 0 Å². The van der Waals surface area contributed by atoms with Crippen LogP contribution in [0.3, 0.4) is 0 Å². The molecule has 1 aliphatic heterocycles. The maximum Gasteiger partial charge on any atom is 0.170 e. The summed E-state index contributed by atoms with van der Waals surface area (Å²) in [6, 6.07) is 3.65. The number of halogens is 3. The smallest absolute Gasteiger partial charge is 0.170 e. The normalized spacial score (nSPS) is 27.2. The average molecular weight is 302 g/mol. The van der Waals surface area contributed by atoms with Gasteiger partial charge < -0.3 is 9.94 Å². The summed E-state index contributed by atoms with van der Waals surface area (Å²) in [6.45, 7) is 0.396. The first-order valence-corrected chi connectivity index (χ1v) is 6.89. The van der Waals surface area contributed by atoms with E-state index < -0.39 is 11.6 Å². The fraction of sp³-hybridized carbons (Fsp3) is 0.429. The molecule has 0 radical (unpaired) electrons. The zero-order valence-electron chi connectivity index (χ0n) is 10.7. The van der Waals surface area contributed by atoms with Gasteiger partial charge in [-0.15, -0.1) is 5.06 Å². The minimum atomic E-state index is -0.933. The number of nitrogens with zero attached hydrogens (tertiary/aromatic N) is 1. The van der Waals surface area contributed by atoms with Crippen LogP contribution in [0.1, 0.15) is 24.8 Å². The molecule has 0 aromatic heterocycles. The van der Waals surface area contributed by atoms with Gasteiger partial charge in [0.2, 0.25) is 0 Å². The Kier molecular flexibility index (Phi) is 3.67. The molecule has 3 rings (SSSR count). The summed E-state index contributed by atoms with van der Waals surface area (Å²) in [5, 5.41) is 11.7. The lowest BCUT2D eigenvalue weighted by atomic mass is 10.1. The van der Waals surface area contributed by atoms with Crippen molar-refractivity contribution in [3.8, 4) is 0 Å². The molecule has 1 fully saturated rings. The van der Waals surface area contributed by atoms with Crippen LogP contribution in [-0.2, 0) is 4.84 Å². The van der Waals surface area contributed by atoms with E-state index in [-0.39, 0.29) is 12.1 Å². The van der Waals surface area contributed by atoms with Crippen molar-refractivity contribution in [3.63, 3.8) is 0 Å². The molecular formula is C14H14ClF2NO2. The highest BCUT2D eigenvalue weighted by Gasteiger charge is 2.35. The topological polar surface area (TPSA) is 32.7 Å². The number of hydroxylamine groups is 2. The maximum absolute atomic E-state index is 13.3. The van der Waals surface area contributed by atoms with Crippen molar-refractivity contribution in [1.82, 2.24) is 5.06 Å². The first kappa shape index (κ1) is 13.8. The predicted molar refractivity (Wildman–Crippen MR) is 70.6 cm³/mol. The fourth-order valence-electron chi connectivity index (χ4n) is 2.65. The van der Waals surface area contributed by atoms with Crippen LogP contribution in [0.25, 0.3) is 5.76 Å². The van der Waals surface area contributed by atoms with E-state index in [4.69, 9.17) is 16.4 Å². The van der Waals surface area contributed by atoms with Gasteiger partial charge in [0.15, 0.2) is 17.4 Å². The highest BCUT2D eigenvalue weighted by molar-refractivity contribution is 6.32. The molecule has 0 spiro atoms. The molecule has 1 aromatic rings. The maximum atomic E-state index is 13.3. The SMILES string of the molecule is O[C@H]1CC[C@@H](N2CC(Cl)=C(c3ccc(F)c(F)c3)O2)C1. The van der Waals surface area contributed by atoms with Crippen molar-refractivity contribution in [1.29, 1.82) is 0 Å². The van der Waals surface area contributed by atoms with Gasteiger partial charge in [-0.1, -0.05) is 11.6 Å². The van der Waals surface area contributed by atoms with Crippen molar-refractivity contribution in [2.45, 2.75) is 31.4 Å². The van der Waals surface area contributed by atoms with Crippen LogP contribution in [0.15, 0.2) is 23.2 Å². The molecule has 0 bridgehead atoms. The van der Waals surface area contributed by atoms with Crippen molar-refractivity contribution in [3.05, 3.63) is 40.4 Å². The van der Waals surface area contributed by atoms with Crippen LogP contribution in [-0.4, -0.2) is 28.9 Å². The molecule has 108 valence electrons. The van der Waals surface area contributed by atoms with E-state index in [1.54, 1.807) is 5.06 Å². The molecule has 1 N–H and O–H groups in total. The second-order valence-electron chi connectivity index (χ2n) is 5.15. The summed E-state index contributed by atoms with van der Waals surface area (Å²) in [6.07, 6.45) is 1.89. The summed E-state index contributed by atoms with van der Waals surface area (Å²) >= 11 is 6.15. The Hall–Kier alpha value is -1.17. The lowest BCUT2D eigenvalue weighted by Crippen LogP contribution is -2.30. The molecule has 2 atom stereocenters. The van der Waals surface area contributed by atoms with E-state index >= 15 is 0 Å². The first-order valence-electron chi connectivity index (χ1n) is 6.51. The minimum Gasteiger partial charge on any atom is -0.403 e. The van der Waals surface area contributed by atoms with Gasteiger partial charge >= 0.3 is 0 Å². The number of benzene rings is 1. The Balaban J connectivity index is 1.77. The Morgan fingerprint density at radius 3 is 2.70 bits per heavy atom. The van der Waals surface area contributed by atoms with Gasteiger partial charge in [-0.2, -0.15) is 0 Å². The van der Waals surface area contributed by atoms with E-state index in [9.17, 15) is 13.9 Å². The predicted octanol–water partition coefficient (Wildman–Crippen LogP) is 3.03. The van der Waals surface area contributed by atoms with Gasteiger partial charge in [-0.25, -0.2) is 8.78 Å². The molecule has 0 amide bonds. The van der Waals surface area contributed by atoms with Crippen LogP contribution in [0.2, 0.25) is 0 Å². The molecule has 1 heterocycles. The summed E-state index contributed by atoms with van der Waals surface area (Å²) in [4.78, 5) is 5.67. The lowest BCUT2D eigenvalue weighted by molar-refractivity contribution is -0.0983. The van der Waals surface area contributed by atoms with E-state index in [0.717, 1.165) is 25.0 Å². The lowest BCUT2D eigenvalue weighted by Gasteiger charge is -2.22. The molecule has 0 saturated heterocycles. The minimum absolute atomic E-state index is 0.0987. The van der Waals surface area contributed by atoms with Crippen molar-refractivity contribution >= 4 is 17.4 Å². The Morgan fingerprint density at radius 1 is 1.25 bits per heavy atom. The van der Waals surface area contributed by atoms with E-state index in [0.29, 0.717) is 29.3 Å². The standard InChI is InChI=1S/C14H14ClF2NO2/c15-11-7-18(9-2-3-10(19)6-9)20-14(11)8-1-4-12(16)13(17)5-8/h1,4-5,9-10,19H,2-3,6-7H2/t9-,10+/m1/s1. The molecule has 1 saturated carbocycles. The molecule has 20 heavy (non-hydrogen) atoms. The second-order valence-corrected chi connectivity index (χ2v) is 5.61. The number of hydrogen-bond donors (Lipinski definition) is 1. The van der Waals surface area contributed by atoms with E-state index in [1.807, 2.05) is 0 Å². The van der Waals surface area contributed by atoms with Gasteiger partial charge in [0, 0.05) is 11.6 Å². The van der Waals surface area contributed by atoms with Crippen LogP contribution in [0.4, 0.5) is 8.78 Å². The highest BCUT2D eigenvalue weighted by atomic mass is 35.5. The Labute approximate surface area is 120 Å². The third-order valence-electron chi connectivity index (χ3n) is 3.72. The molecule has 3 nitrogen and oxygen atoms in total. The second kappa shape index (κ2) is 5.31. The summed E-state index contributed by atoms with van der Waals surface area (Å²) in [5.74, 6) is -1.48. The van der Waals surface area contributed by atoms with Crippen molar-refractivity contribution < 1.29 is 18.7 Å². The summed E-state index contributed by atoms with van der Waals surface area (Å²) < 4.78 is 26.2. The molecule has 1 aliphatic carbocycles. The molecule has 6 heteroatoms. The zero-order chi connectivity index (χ0) is 14.3. The van der Waals surface area contributed by atoms with Crippen LogP contribution < -0.4 is 0 Å². The molecule has 0 unspecified atom stereocenters. The monoisotopic (exact) mass is 301 g/mol. The summed E-state index contributed by atoms with van der Waals surface area (Å²) in [5.41, 5.74) is 0.412. The van der Waals surface area contributed by atoms with E-state index in [1.165, 1.54) is 6.07 Å². The Bertz CT molecular complexity index is 564. The van der Waals surface area contributed by atoms with Gasteiger partial charge in [0.25, 0.3) is 0 Å². The fourth-order valence-corrected chi connectivity index (χ4v) is 2.92. The van der Waals surface area contributed by atoms with Crippen LogP contribution >= 0.6 is 11.6 Å². The third kappa shape index (κ3) is 2.53.